The van der Waals surface area contributed by atoms with E-state index in [1.54, 1.807) is 14.0 Å². The molecule has 0 saturated heterocycles. The van der Waals surface area contributed by atoms with Crippen LogP contribution in [0.4, 0.5) is 0 Å². The molecule has 0 radical (unpaired) electrons. The van der Waals surface area contributed by atoms with Crippen molar-refractivity contribution in [2.75, 3.05) is 7.11 Å². The molecule has 0 aliphatic carbocycles. The van der Waals surface area contributed by atoms with E-state index in [-0.39, 0.29) is 12.4 Å². The van der Waals surface area contributed by atoms with Gasteiger partial charge in [-0.05, 0) is 50.1 Å². The van der Waals surface area contributed by atoms with Gasteiger partial charge in [-0.25, -0.2) is 0 Å². The van der Waals surface area contributed by atoms with Crippen LogP contribution in [0.2, 0.25) is 5.02 Å². The van der Waals surface area contributed by atoms with Gasteiger partial charge in [-0.1, -0.05) is 48.9 Å². The normalized spacial score (nSPS) is 13.1. The average Bonchev–Trinajstić information content (AvgIpc) is 3.16. The minimum absolute atomic E-state index is 0.00789. The van der Waals surface area contributed by atoms with E-state index in [1.807, 2.05) is 73.1 Å². The number of methoxy groups -OCH3 is 1. The van der Waals surface area contributed by atoms with E-state index in [0.29, 0.717) is 18.0 Å². The van der Waals surface area contributed by atoms with Crippen LogP contribution in [0, 0.1) is 0 Å². The fourth-order valence-corrected chi connectivity index (χ4v) is 3.35. The molecule has 6 heteroatoms. The molecule has 0 aliphatic rings. The van der Waals surface area contributed by atoms with E-state index in [2.05, 4.69) is 0 Å². The lowest BCUT2D eigenvalue weighted by Crippen LogP contribution is -2.35. The molecule has 0 bridgehead atoms. The number of ether oxygens (including phenoxy) is 2. The zero-order valence-corrected chi connectivity index (χ0v) is 18.6. The van der Waals surface area contributed by atoms with Gasteiger partial charge in [0.2, 0.25) is 0 Å². The lowest BCUT2D eigenvalue weighted by atomic mass is 9.99. The Hall–Kier alpha value is -2.63. The van der Waals surface area contributed by atoms with E-state index in [9.17, 15) is 4.79 Å². The first kappa shape index (κ1) is 22.1. The van der Waals surface area contributed by atoms with Gasteiger partial charge < -0.3 is 9.47 Å². The van der Waals surface area contributed by atoms with Crippen molar-refractivity contribution in [1.29, 1.82) is 0 Å². The predicted molar refractivity (Wildman–Crippen MR) is 119 cm³/mol. The lowest BCUT2D eigenvalue weighted by molar-refractivity contribution is -0.142. The molecule has 0 N–H and O–H groups in total. The van der Waals surface area contributed by atoms with Gasteiger partial charge in [-0.2, -0.15) is 5.10 Å². The summed E-state index contributed by atoms with van der Waals surface area (Å²) in [5, 5.41) is 5.45. The maximum absolute atomic E-state index is 12.0. The van der Waals surface area contributed by atoms with Crippen molar-refractivity contribution < 1.29 is 14.3 Å². The molecule has 0 aliphatic heterocycles. The third-order valence-electron chi connectivity index (χ3n) is 5.43. The standard InChI is InChI=1S/C24H27ClN2O3/c1-5-24(3,17(2)28)30-16-20-14-23(18-10-8-11-21(13-18)29-4)27(26-20)15-19-9-6-7-12-22(19)25/h6-14H,5,15-16H2,1-4H3. The molecular formula is C24H27ClN2O3. The molecule has 30 heavy (non-hydrogen) atoms. The molecule has 1 atom stereocenters. The Morgan fingerprint density at radius 3 is 2.60 bits per heavy atom. The highest BCUT2D eigenvalue weighted by Crippen LogP contribution is 2.28. The molecule has 5 nitrogen and oxygen atoms in total. The van der Waals surface area contributed by atoms with Crippen molar-refractivity contribution in [2.45, 2.75) is 45.9 Å². The molecule has 0 spiro atoms. The Kier molecular flexibility index (Phi) is 6.95. The average molecular weight is 427 g/mol. The van der Waals surface area contributed by atoms with Gasteiger partial charge in [-0.3, -0.25) is 9.48 Å². The van der Waals surface area contributed by atoms with Gasteiger partial charge in [0.15, 0.2) is 5.78 Å². The summed E-state index contributed by atoms with van der Waals surface area (Å²) in [7, 11) is 1.65. The van der Waals surface area contributed by atoms with Crippen LogP contribution in [-0.2, 0) is 22.7 Å². The third kappa shape index (κ3) is 4.91. The summed E-state index contributed by atoms with van der Waals surface area (Å²) >= 11 is 6.38. The summed E-state index contributed by atoms with van der Waals surface area (Å²) in [4.78, 5) is 12.0. The monoisotopic (exact) mass is 426 g/mol. The fraction of sp³-hybridized carbons (Fsp3) is 0.333. The van der Waals surface area contributed by atoms with Crippen molar-refractivity contribution in [3.8, 4) is 17.0 Å². The third-order valence-corrected chi connectivity index (χ3v) is 5.80. The second-order valence-corrected chi connectivity index (χ2v) is 7.84. The van der Waals surface area contributed by atoms with Gasteiger partial charge in [0, 0.05) is 10.6 Å². The zero-order valence-electron chi connectivity index (χ0n) is 17.8. The number of nitrogens with zero attached hydrogens (tertiary/aromatic N) is 2. The summed E-state index contributed by atoms with van der Waals surface area (Å²) < 4.78 is 13.3. The highest BCUT2D eigenvalue weighted by molar-refractivity contribution is 6.31. The summed E-state index contributed by atoms with van der Waals surface area (Å²) in [6.07, 6.45) is 0.603. The number of halogens is 1. The first-order valence-corrected chi connectivity index (χ1v) is 10.3. The summed E-state index contributed by atoms with van der Waals surface area (Å²) in [6.45, 7) is 6.08. The summed E-state index contributed by atoms with van der Waals surface area (Å²) in [5.74, 6) is 0.777. The Bertz CT molecular complexity index is 1030. The van der Waals surface area contributed by atoms with Crippen LogP contribution >= 0.6 is 11.6 Å². The molecular weight excluding hydrogens is 400 g/mol. The van der Waals surface area contributed by atoms with Crippen LogP contribution < -0.4 is 4.74 Å². The first-order valence-electron chi connectivity index (χ1n) is 9.96. The molecule has 0 amide bonds. The number of benzene rings is 2. The summed E-state index contributed by atoms with van der Waals surface area (Å²) in [6, 6.07) is 17.5. The first-order chi connectivity index (χ1) is 14.4. The van der Waals surface area contributed by atoms with Gasteiger partial charge in [0.25, 0.3) is 0 Å². The number of carbonyl (C=O) groups excluding carboxylic acids is 1. The maximum Gasteiger partial charge on any atom is 0.161 e. The number of hydrogen-bond acceptors (Lipinski definition) is 4. The smallest absolute Gasteiger partial charge is 0.161 e. The largest absolute Gasteiger partial charge is 0.497 e. The molecule has 0 fully saturated rings. The summed E-state index contributed by atoms with van der Waals surface area (Å²) in [5.41, 5.74) is 2.81. The molecule has 1 unspecified atom stereocenters. The molecule has 158 valence electrons. The number of rotatable bonds is 9. The SMILES string of the molecule is CCC(C)(OCc1cc(-c2cccc(OC)c2)n(Cc2ccccc2Cl)n1)C(C)=O. The van der Waals surface area contributed by atoms with Gasteiger partial charge in [0.1, 0.15) is 11.4 Å². The van der Waals surface area contributed by atoms with Crippen molar-refractivity contribution in [2.24, 2.45) is 0 Å². The lowest BCUT2D eigenvalue weighted by Gasteiger charge is -2.25. The quantitative estimate of drug-likeness (QED) is 0.451. The second-order valence-electron chi connectivity index (χ2n) is 7.43. The highest BCUT2D eigenvalue weighted by atomic mass is 35.5. The van der Waals surface area contributed by atoms with Crippen LogP contribution in [0.1, 0.15) is 38.4 Å². The van der Waals surface area contributed by atoms with E-state index in [1.165, 1.54) is 0 Å². The Morgan fingerprint density at radius 2 is 1.93 bits per heavy atom. The Morgan fingerprint density at radius 1 is 1.17 bits per heavy atom. The van der Waals surface area contributed by atoms with Gasteiger partial charge in [0.05, 0.1) is 31.6 Å². The minimum atomic E-state index is -0.817. The van der Waals surface area contributed by atoms with Crippen LogP contribution in [-0.4, -0.2) is 28.3 Å². The maximum atomic E-state index is 12.0. The molecule has 2 aromatic carbocycles. The van der Waals surface area contributed by atoms with E-state index < -0.39 is 5.60 Å². The Balaban J connectivity index is 1.96. The number of Topliss-reactive ketones (excluding diaryl/α,β-unsaturated/α-hetero) is 1. The van der Waals surface area contributed by atoms with Crippen LogP contribution in [0.5, 0.6) is 5.75 Å². The minimum Gasteiger partial charge on any atom is -0.497 e. The van der Waals surface area contributed by atoms with Crippen LogP contribution in [0.3, 0.4) is 0 Å². The van der Waals surface area contributed by atoms with Crippen molar-refractivity contribution in [1.82, 2.24) is 9.78 Å². The molecule has 1 aromatic heterocycles. The van der Waals surface area contributed by atoms with Crippen molar-refractivity contribution in [3.05, 3.63) is 70.9 Å². The topological polar surface area (TPSA) is 53.4 Å². The van der Waals surface area contributed by atoms with Gasteiger partial charge in [-0.15, -0.1) is 0 Å². The molecule has 3 rings (SSSR count). The second kappa shape index (κ2) is 9.45. The van der Waals surface area contributed by atoms with Crippen LogP contribution in [0.25, 0.3) is 11.3 Å². The van der Waals surface area contributed by atoms with E-state index in [0.717, 1.165) is 28.3 Å². The van der Waals surface area contributed by atoms with E-state index >= 15 is 0 Å². The van der Waals surface area contributed by atoms with Gasteiger partial charge >= 0.3 is 0 Å². The van der Waals surface area contributed by atoms with Crippen molar-refractivity contribution >= 4 is 17.4 Å². The highest BCUT2D eigenvalue weighted by Gasteiger charge is 2.29. The molecule has 3 aromatic rings. The number of carbonyl (C=O) groups is 1. The van der Waals surface area contributed by atoms with Crippen molar-refractivity contribution in [3.63, 3.8) is 0 Å². The van der Waals surface area contributed by atoms with E-state index in [4.69, 9.17) is 26.2 Å². The fourth-order valence-electron chi connectivity index (χ4n) is 3.15. The number of ketones is 1. The van der Waals surface area contributed by atoms with Crippen LogP contribution in [0.15, 0.2) is 54.6 Å². The number of hydrogen-bond donors (Lipinski definition) is 0. The molecule has 0 saturated carbocycles. The molecule has 1 heterocycles. The Labute approximate surface area is 182 Å². The number of aromatic nitrogens is 2. The predicted octanol–water partition coefficient (Wildman–Crippen LogP) is 5.53. The zero-order chi connectivity index (χ0) is 21.7.